The average molecular weight is 293 g/mol. The molecule has 0 spiro atoms. The van der Waals surface area contributed by atoms with Crippen molar-refractivity contribution in [2.45, 2.75) is 102 Å². The summed E-state index contributed by atoms with van der Waals surface area (Å²) >= 11 is 0. The number of rotatable bonds is 6. The minimum Gasteiger partial charge on any atom is -0.370 e. The van der Waals surface area contributed by atoms with Crippen LogP contribution in [0.5, 0.6) is 0 Å². The minimum atomic E-state index is 0.163. The highest BCUT2D eigenvalue weighted by Gasteiger charge is 2.39. The second-order valence-electron chi connectivity index (χ2n) is 8.20. The van der Waals surface area contributed by atoms with E-state index >= 15 is 0 Å². The monoisotopic (exact) mass is 293 g/mol. The maximum absolute atomic E-state index is 6.80. The zero-order valence-electron chi connectivity index (χ0n) is 14.2. The molecule has 122 valence electrons. The molecule has 3 rings (SSSR count). The van der Waals surface area contributed by atoms with Crippen molar-refractivity contribution < 1.29 is 4.74 Å². The van der Waals surface area contributed by atoms with Crippen LogP contribution in [0.3, 0.4) is 0 Å². The predicted molar refractivity (Wildman–Crippen MR) is 88.5 cm³/mol. The standard InChI is InChI=1S/C19H35NO/c1-3-16-9-11-19(12-10-16,14-20-17-7-8-17)21-18-6-4-5-15(2)13-18/h15-18,20H,3-14H2,1-2H3. The second kappa shape index (κ2) is 7.00. The Labute approximate surface area is 131 Å². The lowest BCUT2D eigenvalue weighted by Crippen LogP contribution is -2.49. The summed E-state index contributed by atoms with van der Waals surface area (Å²) in [4.78, 5) is 0. The highest BCUT2D eigenvalue weighted by molar-refractivity contribution is 4.93. The molecule has 0 radical (unpaired) electrons. The average Bonchev–Trinajstić information content (AvgIpc) is 3.30. The van der Waals surface area contributed by atoms with Crippen molar-refractivity contribution in [3.63, 3.8) is 0 Å². The molecule has 3 aliphatic carbocycles. The molecule has 2 heteroatoms. The van der Waals surface area contributed by atoms with Crippen LogP contribution in [0.2, 0.25) is 0 Å². The van der Waals surface area contributed by atoms with Gasteiger partial charge in [-0.05, 0) is 63.2 Å². The highest BCUT2D eigenvalue weighted by atomic mass is 16.5. The van der Waals surface area contributed by atoms with Gasteiger partial charge < -0.3 is 10.1 Å². The van der Waals surface area contributed by atoms with Gasteiger partial charge in [0.1, 0.15) is 0 Å². The Morgan fingerprint density at radius 1 is 1.05 bits per heavy atom. The topological polar surface area (TPSA) is 21.3 Å². The minimum absolute atomic E-state index is 0.163. The Morgan fingerprint density at radius 3 is 2.43 bits per heavy atom. The van der Waals surface area contributed by atoms with E-state index in [2.05, 4.69) is 19.2 Å². The van der Waals surface area contributed by atoms with Crippen LogP contribution in [-0.2, 0) is 4.74 Å². The molecule has 21 heavy (non-hydrogen) atoms. The van der Waals surface area contributed by atoms with Gasteiger partial charge in [-0.25, -0.2) is 0 Å². The van der Waals surface area contributed by atoms with Crippen molar-refractivity contribution in [3.8, 4) is 0 Å². The van der Waals surface area contributed by atoms with Crippen LogP contribution < -0.4 is 5.32 Å². The smallest absolute Gasteiger partial charge is 0.0810 e. The first-order chi connectivity index (χ1) is 10.2. The van der Waals surface area contributed by atoms with E-state index in [1.165, 1.54) is 70.6 Å². The van der Waals surface area contributed by atoms with Gasteiger partial charge in [0.15, 0.2) is 0 Å². The molecule has 3 aliphatic rings. The zero-order chi connectivity index (χ0) is 14.7. The molecule has 3 saturated carbocycles. The van der Waals surface area contributed by atoms with E-state index in [9.17, 15) is 0 Å². The number of ether oxygens (including phenoxy) is 1. The SMILES string of the molecule is CCC1CCC(CNC2CC2)(OC2CCCC(C)C2)CC1. The molecule has 0 aromatic rings. The van der Waals surface area contributed by atoms with Gasteiger partial charge in [0.2, 0.25) is 0 Å². The van der Waals surface area contributed by atoms with Gasteiger partial charge in [-0.2, -0.15) is 0 Å². The molecular formula is C19H35NO. The van der Waals surface area contributed by atoms with E-state index in [-0.39, 0.29) is 5.60 Å². The van der Waals surface area contributed by atoms with E-state index in [1.54, 1.807) is 0 Å². The summed E-state index contributed by atoms with van der Waals surface area (Å²) < 4.78 is 6.80. The first kappa shape index (κ1) is 15.8. The van der Waals surface area contributed by atoms with Gasteiger partial charge in [-0.15, -0.1) is 0 Å². The maximum atomic E-state index is 6.80. The molecule has 2 nitrogen and oxygen atoms in total. The molecule has 1 N–H and O–H groups in total. The van der Waals surface area contributed by atoms with Crippen molar-refractivity contribution in [2.75, 3.05) is 6.54 Å². The first-order valence-corrected chi connectivity index (χ1v) is 9.60. The summed E-state index contributed by atoms with van der Waals surface area (Å²) in [5, 5.41) is 3.78. The Kier molecular flexibility index (Phi) is 5.27. The predicted octanol–water partition coefficient (Wildman–Crippen LogP) is 4.67. The van der Waals surface area contributed by atoms with Gasteiger partial charge in [0.25, 0.3) is 0 Å². The fraction of sp³-hybridized carbons (Fsp3) is 1.00. The van der Waals surface area contributed by atoms with Gasteiger partial charge in [0.05, 0.1) is 11.7 Å². The van der Waals surface area contributed by atoms with Crippen LogP contribution in [-0.4, -0.2) is 24.3 Å². The molecule has 2 atom stereocenters. The van der Waals surface area contributed by atoms with Crippen molar-refractivity contribution >= 4 is 0 Å². The van der Waals surface area contributed by atoms with Gasteiger partial charge in [0, 0.05) is 12.6 Å². The molecule has 0 aromatic carbocycles. The Bertz CT molecular complexity index is 318. The normalized spacial score (nSPS) is 41.1. The lowest BCUT2D eigenvalue weighted by Gasteiger charge is -2.44. The fourth-order valence-corrected chi connectivity index (χ4v) is 4.41. The first-order valence-electron chi connectivity index (χ1n) is 9.60. The molecular weight excluding hydrogens is 258 g/mol. The third-order valence-electron chi connectivity index (χ3n) is 6.19. The summed E-state index contributed by atoms with van der Waals surface area (Å²) in [6.07, 6.45) is 15.4. The van der Waals surface area contributed by atoms with Crippen molar-refractivity contribution in [1.29, 1.82) is 0 Å². The van der Waals surface area contributed by atoms with Gasteiger partial charge >= 0.3 is 0 Å². The molecule has 0 saturated heterocycles. The van der Waals surface area contributed by atoms with Crippen LogP contribution in [0, 0.1) is 11.8 Å². The van der Waals surface area contributed by atoms with E-state index < -0.39 is 0 Å². The fourth-order valence-electron chi connectivity index (χ4n) is 4.41. The summed E-state index contributed by atoms with van der Waals surface area (Å²) in [6.45, 7) is 5.86. The Balaban J connectivity index is 1.57. The number of hydrogen-bond acceptors (Lipinski definition) is 2. The van der Waals surface area contributed by atoms with E-state index in [0.717, 1.165) is 24.4 Å². The quantitative estimate of drug-likeness (QED) is 0.768. The Hall–Kier alpha value is -0.0800. The van der Waals surface area contributed by atoms with Crippen LogP contribution in [0.1, 0.15) is 84.5 Å². The van der Waals surface area contributed by atoms with Crippen LogP contribution in [0.15, 0.2) is 0 Å². The third-order valence-corrected chi connectivity index (χ3v) is 6.19. The van der Waals surface area contributed by atoms with E-state index in [1.807, 2.05) is 0 Å². The zero-order valence-corrected chi connectivity index (χ0v) is 14.2. The Morgan fingerprint density at radius 2 is 1.81 bits per heavy atom. The molecule has 0 amide bonds. The van der Waals surface area contributed by atoms with Crippen molar-refractivity contribution in [1.82, 2.24) is 5.32 Å². The van der Waals surface area contributed by atoms with Crippen LogP contribution >= 0.6 is 0 Å². The molecule has 2 unspecified atom stereocenters. The maximum Gasteiger partial charge on any atom is 0.0810 e. The largest absolute Gasteiger partial charge is 0.370 e. The molecule has 0 heterocycles. The van der Waals surface area contributed by atoms with E-state index in [0.29, 0.717) is 6.10 Å². The number of hydrogen-bond donors (Lipinski definition) is 1. The van der Waals surface area contributed by atoms with Gasteiger partial charge in [-0.1, -0.05) is 33.1 Å². The lowest BCUT2D eigenvalue weighted by atomic mass is 9.77. The molecule has 0 bridgehead atoms. The summed E-state index contributed by atoms with van der Waals surface area (Å²) in [6, 6.07) is 0.805. The summed E-state index contributed by atoms with van der Waals surface area (Å²) in [5.74, 6) is 1.82. The molecule has 0 aliphatic heterocycles. The summed E-state index contributed by atoms with van der Waals surface area (Å²) in [5.41, 5.74) is 0.163. The lowest BCUT2D eigenvalue weighted by molar-refractivity contribution is -0.132. The van der Waals surface area contributed by atoms with Crippen molar-refractivity contribution in [2.24, 2.45) is 11.8 Å². The molecule has 3 fully saturated rings. The van der Waals surface area contributed by atoms with Crippen LogP contribution in [0.4, 0.5) is 0 Å². The third kappa shape index (κ3) is 4.45. The van der Waals surface area contributed by atoms with Crippen LogP contribution in [0.25, 0.3) is 0 Å². The summed E-state index contributed by atoms with van der Waals surface area (Å²) in [7, 11) is 0. The number of nitrogens with one attached hydrogen (secondary N) is 1. The van der Waals surface area contributed by atoms with Crippen molar-refractivity contribution in [3.05, 3.63) is 0 Å². The highest BCUT2D eigenvalue weighted by Crippen LogP contribution is 2.39. The molecule has 0 aromatic heterocycles. The van der Waals surface area contributed by atoms with Gasteiger partial charge in [-0.3, -0.25) is 0 Å². The second-order valence-corrected chi connectivity index (χ2v) is 8.20. The van der Waals surface area contributed by atoms with E-state index in [4.69, 9.17) is 4.74 Å².